The highest BCUT2D eigenvalue weighted by Crippen LogP contribution is 2.23. The number of rotatable bonds is 10. The third kappa shape index (κ3) is 8.06. The number of sulfonamides is 1. The van der Waals surface area contributed by atoms with Gasteiger partial charge in [0, 0.05) is 18.2 Å². The smallest absolute Gasteiger partial charge is 0.244 e. The minimum atomic E-state index is -3.78. The van der Waals surface area contributed by atoms with Crippen molar-refractivity contribution in [2.75, 3.05) is 30.8 Å². The van der Waals surface area contributed by atoms with Crippen LogP contribution in [0.2, 0.25) is 0 Å². The highest BCUT2D eigenvalue weighted by atomic mass is 32.2. The molecule has 0 spiro atoms. The minimum Gasteiger partial charge on any atom is -0.497 e. The van der Waals surface area contributed by atoms with Crippen LogP contribution in [0.25, 0.3) is 0 Å². The lowest BCUT2D eigenvalue weighted by Crippen LogP contribution is -2.55. The molecule has 0 heterocycles. The monoisotopic (exact) mass is 489 g/mol. The number of nitrogens with zero attached hydrogens (tertiary/aromatic N) is 2. The van der Waals surface area contributed by atoms with Crippen LogP contribution < -0.4 is 14.4 Å². The van der Waals surface area contributed by atoms with Gasteiger partial charge in [0.05, 0.1) is 19.1 Å². The quantitative estimate of drug-likeness (QED) is 0.554. The fourth-order valence-electron chi connectivity index (χ4n) is 3.42. The molecule has 2 amide bonds. The van der Waals surface area contributed by atoms with Crippen LogP contribution in [0.15, 0.2) is 54.6 Å². The largest absolute Gasteiger partial charge is 0.497 e. The molecular weight excluding hydrogens is 454 g/mol. The molecule has 1 N–H and O–H groups in total. The SMILES string of the molecule is COc1cccc(N(CC(=O)N(CCc2ccccc2)[C@H](C)C(=O)NC(C)(C)C)S(C)(=O)=O)c1. The maximum Gasteiger partial charge on any atom is 0.244 e. The van der Waals surface area contributed by atoms with E-state index in [4.69, 9.17) is 4.74 Å². The molecule has 2 rings (SSSR count). The predicted octanol–water partition coefficient (Wildman–Crippen LogP) is 2.84. The van der Waals surface area contributed by atoms with Crippen LogP contribution in [0.3, 0.4) is 0 Å². The van der Waals surface area contributed by atoms with Crippen LogP contribution in [-0.4, -0.2) is 63.2 Å². The molecule has 186 valence electrons. The maximum absolute atomic E-state index is 13.5. The van der Waals surface area contributed by atoms with Crippen molar-refractivity contribution in [3.8, 4) is 5.75 Å². The lowest BCUT2D eigenvalue weighted by atomic mass is 10.1. The standard InChI is InChI=1S/C25H35N3O5S/c1-19(24(30)26-25(2,3)4)27(16-15-20-11-8-7-9-12-20)23(29)18-28(34(6,31)32)21-13-10-14-22(17-21)33-5/h7-14,17,19H,15-16,18H2,1-6H3,(H,26,30)/t19-/m1/s1. The summed E-state index contributed by atoms with van der Waals surface area (Å²) in [4.78, 5) is 27.8. The Labute approximate surface area is 202 Å². The van der Waals surface area contributed by atoms with E-state index in [0.717, 1.165) is 16.1 Å². The fraction of sp³-hybridized carbons (Fsp3) is 0.440. The Morgan fingerprint density at radius 2 is 1.71 bits per heavy atom. The van der Waals surface area contributed by atoms with Gasteiger partial charge in [-0.2, -0.15) is 0 Å². The van der Waals surface area contributed by atoms with E-state index in [-0.39, 0.29) is 12.5 Å². The number of hydrogen-bond donors (Lipinski definition) is 1. The van der Waals surface area contributed by atoms with E-state index < -0.39 is 34.1 Å². The number of hydrogen-bond acceptors (Lipinski definition) is 5. The summed E-state index contributed by atoms with van der Waals surface area (Å²) < 4.78 is 31.4. The van der Waals surface area contributed by atoms with E-state index in [1.54, 1.807) is 31.2 Å². The van der Waals surface area contributed by atoms with Gasteiger partial charge in [0.15, 0.2) is 0 Å². The molecule has 0 bridgehead atoms. The Balaban J connectivity index is 2.34. The van der Waals surface area contributed by atoms with Gasteiger partial charge in [-0.05, 0) is 51.8 Å². The molecule has 2 aromatic carbocycles. The van der Waals surface area contributed by atoms with Crippen molar-refractivity contribution in [1.82, 2.24) is 10.2 Å². The summed E-state index contributed by atoms with van der Waals surface area (Å²) in [6, 6.07) is 15.3. The van der Waals surface area contributed by atoms with E-state index >= 15 is 0 Å². The van der Waals surface area contributed by atoms with Gasteiger partial charge < -0.3 is 15.0 Å². The van der Waals surface area contributed by atoms with Gasteiger partial charge in [0.2, 0.25) is 21.8 Å². The summed E-state index contributed by atoms with van der Waals surface area (Å²) in [6.45, 7) is 7.07. The Hall–Kier alpha value is -3.07. The molecule has 0 saturated heterocycles. The Morgan fingerprint density at radius 1 is 1.06 bits per heavy atom. The van der Waals surface area contributed by atoms with E-state index in [1.807, 2.05) is 51.1 Å². The number of nitrogens with one attached hydrogen (secondary N) is 1. The topological polar surface area (TPSA) is 96.0 Å². The molecule has 0 aromatic heterocycles. The zero-order valence-corrected chi connectivity index (χ0v) is 21.6. The van der Waals surface area contributed by atoms with Crippen molar-refractivity contribution < 1.29 is 22.7 Å². The van der Waals surface area contributed by atoms with Crippen LogP contribution in [0.5, 0.6) is 5.75 Å². The summed E-state index contributed by atoms with van der Waals surface area (Å²) in [5.41, 5.74) is 0.847. The molecule has 2 aromatic rings. The number of anilines is 1. The van der Waals surface area contributed by atoms with Gasteiger partial charge in [0.1, 0.15) is 18.3 Å². The number of carbonyl (C=O) groups is 2. The Morgan fingerprint density at radius 3 is 2.26 bits per heavy atom. The van der Waals surface area contributed by atoms with Crippen molar-refractivity contribution >= 4 is 27.5 Å². The zero-order chi connectivity index (χ0) is 25.5. The number of carbonyl (C=O) groups excluding carboxylic acids is 2. The highest BCUT2D eigenvalue weighted by molar-refractivity contribution is 7.92. The summed E-state index contributed by atoms with van der Waals surface area (Å²) in [5, 5.41) is 2.90. The van der Waals surface area contributed by atoms with Crippen LogP contribution in [0.4, 0.5) is 5.69 Å². The summed E-state index contributed by atoms with van der Waals surface area (Å²) in [5.74, 6) is -0.306. The average molecular weight is 490 g/mol. The second-order valence-corrected chi connectivity index (χ2v) is 11.1. The third-order valence-electron chi connectivity index (χ3n) is 5.17. The van der Waals surface area contributed by atoms with Gasteiger partial charge in [-0.25, -0.2) is 8.42 Å². The summed E-state index contributed by atoms with van der Waals surface area (Å²) in [6.07, 6.45) is 1.57. The van der Waals surface area contributed by atoms with Crippen molar-refractivity contribution in [2.45, 2.75) is 45.7 Å². The van der Waals surface area contributed by atoms with E-state index in [1.165, 1.54) is 12.0 Å². The Kier molecular flexibility index (Phi) is 9.09. The number of amides is 2. The van der Waals surface area contributed by atoms with Gasteiger partial charge in [-0.1, -0.05) is 36.4 Å². The molecule has 34 heavy (non-hydrogen) atoms. The Bertz CT molecular complexity index is 1080. The van der Waals surface area contributed by atoms with Crippen LogP contribution in [-0.2, 0) is 26.0 Å². The van der Waals surface area contributed by atoms with Crippen LogP contribution >= 0.6 is 0 Å². The number of ether oxygens (including phenoxy) is 1. The maximum atomic E-state index is 13.5. The van der Waals surface area contributed by atoms with Crippen molar-refractivity contribution in [1.29, 1.82) is 0 Å². The summed E-state index contributed by atoms with van der Waals surface area (Å²) >= 11 is 0. The average Bonchev–Trinajstić information content (AvgIpc) is 2.76. The molecule has 0 fully saturated rings. The molecule has 9 heteroatoms. The molecular formula is C25H35N3O5S. The van der Waals surface area contributed by atoms with Gasteiger partial charge in [-0.15, -0.1) is 0 Å². The molecule has 1 atom stereocenters. The first-order valence-corrected chi connectivity index (χ1v) is 12.9. The van der Waals surface area contributed by atoms with Gasteiger partial charge in [-0.3, -0.25) is 13.9 Å². The third-order valence-corrected chi connectivity index (χ3v) is 6.31. The van der Waals surface area contributed by atoms with Gasteiger partial charge in [0.25, 0.3) is 0 Å². The first-order chi connectivity index (χ1) is 15.8. The van der Waals surface area contributed by atoms with Crippen LogP contribution in [0, 0.1) is 0 Å². The molecule has 0 aliphatic rings. The van der Waals surface area contributed by atoms with Crippen LogP contribution in [0.1, 0.15) is 33.3 Å². The van der Waals surface area contributed by atoms with Crippen molar-refractivity contribution in [3.63, 3.8) is 0 Å². The predicted molar refractivity (Wildman–Crippen MR) is 134 cm³/mol. The van der Waals surface area contributed by atoms with Gasteiger partial charge >= 0.3 is 0 Å². The second kappa shape index (κ2) is 11.4. The normalized spacial score (nSPS) is 12.5. The second-order valence-electron chi connectivity index (χ2n) is 9.21. The molecule has 0 radical (unpaired) electrons. The molecule has 0 saturated carbocycles. The first-order valence-electron chi connectivity index (χ1n) is 11.1. The fourth-order valence-corrected chi connectivity index (χ4v) is 4.26. The first kappa shape index (κ1) is 27.2. The lowest BCUT2D eigenvalue weighted by Gasteiger charge is -2.33. The zero-order valence-electron chi connectivity index (χ0n) is 20.7. The molecule has 0 aliphatic heterocycles. The van der Waals surface area contributed by atoms with E-state index in [0.29, 0.717) is 17.9 Å². The molecule has 8 nitrogen and oxygen atoms in total. The minimum absolute atomic E-state index is 0.261. The highest BCUT2D eigenvalue weighted by Gasteiger charge is 2.31. The number of benzene rings is 2. The van der Waals surface area contributed by atoms with E-state index in [2.05, 4.69) is 5.32 Å². The van der Waals surface area contributed by atoms with E-state index in [9.17, 15) is 18.0 Å². The lowest BCUT2D eigenvalue weighted by molar-refractivity contribution is -0.139. The number of methoxy groups -OCH3 is 1. The molecule has 0 aliphatic carbocycles. The molecule has 0 unspecified atom stereocenters. The van der Waals surface area contributed by atoms with Crippen molar-refractivity contribution in [2.24, 2.45) is 0 Å². The van der Waals surface area contributed by atoms with Crippen molar-refractivity contribution in [3.05, 3.63) is 60.2 Å². The summed E-state index contributed by atoms with van der Waals surface area (Å²) in [7, 11) is -2.30.